The molecule has 1 aromatic rings. The molecule has 0 heterocycles. The van der Waals surface area contributed by atoms with E-state index in [1.54, 1.807) is 12.1 Å². The summed E-state index contributed by atoms with van der Waals surface area (Å²) in [4.78, 5) is 13.9. The second-order valence-electron chi connectivity index (χ2n) is 4.76. The van der Waals surface area contributed by atoms with E-state index in [9.17, 15) is 9.90 Å². The molecule has 1 amide bonds. The highest BCUT2D eigenvalue weighted by atomic mass is 16.3. The van der Waals surface area contributed by atoms with Gasteiger partial charge >= 0.3 is 0 Å². The highest BCUT2D eigenvalue weighted by Gasteiger charge is 2.16. The third-order valence-corrected chi connectivity index (χ3v) is 3.05. The molecule has 0 saturated carbocycles. The maximum atomic E-state index is 11.8. The van der Waals surface area contributed by atoms with Crippen molar-refractivity contribution < 1.29 is 9.90 Å². The Morgan fingerprint density at radius 2 is 2.00 bits per heavy atom. The quantitative estimate of drug-likeness (QED) is 0.749. The number of nitrogens with zero attached hydrogens (tertiary/aromatic N) is 1. The van der Waals surface area contributed by atoms with Gasteiger partial charge in [0.15, 0.2) is 6.10 Å². The first-order valence-electron chi connectivity index (χ1n) is 6.84. The first-order chi connectivity index (χ1) is 9.15. The van der Waals surface area contributed by atoms with Gasteiger partial charge in [-0.3, -0.25) is 4.79 Å². The smallest absolute Gasteiger partial charge is 0.253 e. The fourth-order valence-corrected chi connectivity index (χ4v) is 1.79. The Kier molecular flexibility index (Phi) is 7.15. The summed E-state index contributed by atoms with van der Waals surface area (Å²) >= 11 is 0. The second-order valence-corrected chi connectivity index (χ2v) is 4.76. The van der Waals surface area contributed by atoms with Crippen LogP contribution in [0.1, 0.15) is 31.4 Å². The van der Waals surface area contributed by atoms with Gasteiger partial charge in [0.2, 0.25) is 0 Å². The van der Waals surface area contributed by atoms with Gasteiger partial charge in [-0.05, 0) is 25.6 Å². The minimum absolute atomic E-state index is 0.338. The zero-order valence-corrected chi connectivity index (χ0v) is 11.8. The van der Waals surface area contributed by atoms with Gasteiger partial charge in [-0.15, -0.1) is 0 Å². The molecule has 0 saturated heterocycles. The van der Waals surface area contributed by atoms with E-state index in [0.29, 0.717) is 12.1 Å². The summed E-state index contributed by atoms with van der Waals surface area (Å²) in [6, 6.07) is 8.97. The van der Waals surface area contributed by atoms with Crippen LogP contribution < -0.4 is 5.32 Å². The Labute approximate surface area is 115 Å². The Morgan fingerprint density at radius 1 is 1.32 bits per heavy atom. The lowest BCUT2D eigenvalue weighted by atomic mass is 10.1. The fourth-order valence-electron chi connectivity index (χ4n) is 1.79. The molecule has 0 fully saturated rings. The summed E-state index contributed by atoms with van der Waals surface area (Å²) in [5.41, 5.74) is 0.624. The molecule has 0 aliphatic heterocycles. The Hall–Kier alpha value is -1.39. The number of carbonyl (C=O) groups is 1. The van der Waals surface area contributed by atoms with E-state index >= 15 is 0 Å². The van der Waals surface area contributed by atoms with Crippen molar-refractivity contribution >= 4 is 5.91 Å². The Bertz CT molecular complexity index is 368. The number of likely N-dealkylation sites (N-methyl/N-ethyl adjacent to an activating group) is 1. The minimum Gasteiger partial charge on any atom is -0.378 e. The first kappa shape index (κ1) is 15.7. The van der Waals surface area contributed by atoms with Crippen molar-refractivity contribution in [3.8, 4) is 0 Å². The van der Waals surface area contributed by atoms with E-state index in [-0.39, 0.29) is 5.91 Å². The van der Waals surface area contributed by atoms with Crippen LogP contribution in [0, 0.1) is 0 Å². The molecule has 4 heteroatoms. The summed E-state index contributed by atoms with van der Waals surface area (Å²) in [6.07, 6.45) is 1.25. The predicted molar refractivity (Wildman–Crippen MR) is 76.8 cm³/mol. The summed E-state index contributed by atoms with van der Waals surface area (Å²) in [5.74, 6) is -0.338. The van der Waals surface area contributed by atoms with Gasteiger partial charge in [-0.1, -0.05) is 43.7 Å². The van der Waals surface area contributed by atoms with Gasteiger partial charge < -0.3 is 15.3 Å². The molecule has 0 aliphatic rings. The van der Waals surface area contributed by atoms with Crippen molar-refractivity contribution in [3.63, 3.8) is 0 Å². The normalized spacial score (nSPS) is 12.4. The molecule has 19 heavy (non-hydrogen) atoms. The lowest BCUT2D eigenvalue weighted by molar-refractivity contribution is -0.129. The van der Waals surface area contributed by atoms with Crippen LogP contribution in [0.25, 0.3) is 0 Å². The number of benzene rings is 1. The number of aliphatic hydroxyl groups excluding tert-OH is 1. The molecule has 0 aromatic heterocycles. The molecule has 1 aromatic carbocycles. The average molecular weight is 264 g/mol. The summed E-state index contributed by atoms with van der Waals surface area (Å²) in [7, 11) is 2.04. The van der Waals surface area contributed by atoms with Crippen LogP contribution in [0.4, 0.5) is 0 Å². The standard InChI is InChI=1S/C15H24N2O2/c1-3-4-11-17(2)12-10-16-15(19)14(18)13-8-6-5-7-9-13/h5-9,14,18H,3-4,10-12H2,1-2H3,(H,16,19)/t14-/m0/s1. The van der Waals surface area contributed by atoms with Crippen LogP contribution in [-0.4, -0.2) is 42.6 Å². The number of rotatable bonds is 8. The van der Waals surface area contributed by atoms with Crippen molar-refractivity contribution in [2.24, 2.45) is 0 Å². The molecule has 0 radical (unpaired) electrons. The molecule has 0 spiro atoms. The third kappa shape index (κ3) is 5.85. The van der Waals surface area contributed by atoms with Gasteiger partial charge in [-0.2, -0.15) is 0 Å². The first-order valence-corrected chi connectivity index (χ1v) is 6.84. The molecule has 4 nitrogen and oxygen atoms in total. The van der Waals surface area contributed by atoms with Crippen molar-refractivity contribution in [1.82, 2.24) is 10.2 Å². The van der Waals surface area contributed by atoms with E-state index in [4.69, 9.17) is 0 Å². The number of nitrogens with one attached hydrogen (secondary N) is 1. The molecular weight excluding hydrogens is 240 g/mol. The van der Waals surface area contributed by atoms with Gasteiger partial charge in [0, 0.05) is 13.1 Å². The fraction of sp³-hybridized carbons (Fsp3) is 0.533. The molecule has 2 N–H and O–H groups in total. The lowest BCUT2D eigenvalue weighted by Crippen LogP contribution is -2.36. The number of aliphatic hydroxyl groups is 1. The van der Waals surface area contributed by atoms with Gasteiger partial charge in [-0.25, -0.2) is 0 Å². The highest BCUT2D eigenvalue weighted by Crippen LogP contribution is 2.11. The molecular formula is C15H24N2O2. The molecule has 0 aliphatic carbocycles. The van der Waals surface area contributed by atoms with E-state index < -0.39 is 6.10 Å². The number of carbonyl (C=O) groups excluding carboxylic acids is 1. The Balaban J connectivity index is 2.28. The molecule has 0 unspecified atom stereocenters. The number of amides is 1. The summed E-state index contributed by atoms with van der Waals surface area (Å²) in [6.45, 7) is 4.55. The third-order valence-electron chi connectivity index (χ3n) is 3.05. The van der Waals surface area contributed by atoms with Crippen molar-refractivity contribution in [2.75, 3.05) is 26.7 Å². The maximum absolute atomic E-state index is 11.8. The SMILES string of the molecule is CCCCN(C)CCNC(=O)[C@@H](O)c1ccccc1. The van der Waals surface area contributed by atoms with Crippen molar-refractivity contribution in [1.29, 1.82) is 0 Å². The van der Waals surface area contributed by atoms with Crippen molar-refractivity contribution in [3.05, 3.63) is 35.9 Å². The predicted octanol–water partition coefficient (Wildman–Crippen LogP) is 1.57. The van der Waals surface area contributed by atoms with Crippen LogP contribution in [0.3, 0.4) is 0 Å². The molecule has 1 atom stereocenters. The maximum Gasteiger partial charge on any atom is 0.253 e. The van der Waals surface area contributed by atoms with E-state index in [1.165, 1.54) is 6.42 Å². The van der Waals surface area contributed by atoms with Gasteiger partial charge in [0.25, 0.3) is 5.91 Å². The van der Waals surface area contributed by atoms with Crippen LogP contribution in [-0.2, 0) is 4.79 Å². The number of hydrogen-bond acceptors (Lipinski definition) is 3. The van der Waals surface area contributed by atoms with E-state index in [1.807, 2.05) is 25.2 Å². The van der Waals surface area contributed by atoms with Crippen LogP contribution >= 0.6 is 0 Å². The topological polar surface area (TPSA) is 52.6 Å². The number of unbranched alkanes of at least 4 members (excludes halogenated alkanes) is 1. The molecule has 106 valence electrons. The van der Waals surface area contributed by atoms with E-state index in [2.05, 4.69) is 17.1 Å². The summed E-state index contributed by atoms with van der Waals surface area (Å²) in [5, 5.41) is 12.6. The molecule has 0 bridgehead atoms. The Morgan fingerprint density at radius 3 is 2.63 bits per heavy atom. The largest absolute Gasteiger partial charge is 0.378 e. The van der Waals surface area contributed by atoms with Gasteiger partial charge in [0.05, 0.1) is 0 Å². The summed E-state index contributed by atoms with van der Waals surface area (Å²) < 4.78 is 0. The van der Waals surface area contributed by atoms with E-state index in [0.717, 1.165) is 19.5 Å². The van der Waals surface area contributed by atoms with Gasteiger partial charge in [0.1, 0.15) is 0 Å². The molecule has 1 rings (SSSR count). The van der Waals surface area contributed by atoms with Crippen molar-refractivity contribution in [2.45, 2.75) is 25.9 Å². The monoisotopic (exact) mass is 264 g/mol. The lowest BCUT2D eigenvalue weighted by Gasteiger charge is -2.17. The van der Waals surface area contributed by atoms with Crippen LogP contribution in [0.15, 0.2) is 30.3 Å². The van der Waals surface area contributed by atoms with Crippen LogP contribution in [0.5, 0.6) is 0 Å². The average Bonchev–Trinajstić information content (AvgIpc) is 2.45. The minimum atomic E-state index is -1.08. The van der Waals surface area contributed by atoms with Crippen LogP contribution in [0.2, 0.25) is 0 Å². The highest BCUT2D eigenvalue weighted by molar-refractivity contribution is 5.81. The second kappa shape index (κ2) is 8.67. The zero-order chi connectivity index (χ0) is 14.1. The number of hydrogen-bond donors (Lipinski definition) is 2. The zero-order valence-electron chi connectivity index (χ0n) is 11.8.